The van der Waals surface area contributed by atoms with Gasteiger partial charge in [0, 0.05) is 38.4 Å². The van der Waals surface area contributed by atoms with Crippen LogP contribution in [0.5, 0.6) is 0 Å². The summed E-state index contributed by atoms with van der Waals surface area (Å²) in [4.78, 5) is 2.44. The fraction of sp³-hybridized carbons (Fsp3) is 0.0149. The molecule has 70 heavy (non-hydrogen) atoms. The Morgan fingerprint density at radius 1 is 0.300 bits per heavy atom. The van der Waals surface area contributed by atoms with Crippen molar-refractivity contribution in [2.24, 2.45) is 0 Å². The molecule has 2 aliphatic carbocycles. The second kappa shape index (κ2) is 14.9. The van der Waals surface area contributed by atoms with Crippen molar-refractivity contribution in [2.45, 2.75) is 5.41 Å². The van der Waals surface area contributed by atoms with Crippen molar-refractivity contribution >= 4 is 60.9 Å². The topological polar surface area (TPSA) is 29.5 Å². The van der Waals surface area contributed by atoms with Crippen LogP contribution in [0.15, 0.2) is 258 Å². The molecule has 13 aromatic rings. The summed E-state index contributed by atoms with van der Waals surface area (Å²) < 4.78 is 14.3. The van der Waals surface area contributed by atoms with Crippen LogP contribution in [0.1, 0.15) is 22.3 Å². The lowest BCUT2D eigenvalue weighted by molar-refractivity contribution is 0.665. The number of hydrogen-bond donors (Lipinski definition) is 0. The van der Waals surface area contributed by atoms with Gasteiger partial charge in [-0.3, -0.25) is 0 Å². The fourth-order valence-electron chi connectivity index (χ4n) is 12.2. The third-order valence-corrected chi connectivity index (χ3v) is 15.1. The van der Waals surface area contributed by atoms with Crippen LogP contribution in [-0.2, 0) is 5.41 Å². The number of para-hydroxylation sites is 3. The minimum atomic E-state index is -0.509. The molecule has 2 aliphatic rings. The van der Waals surface area contributed by atoms with Gasteiger partial charge in [-0.15, -0.1) is 0 Å². The Labute approximate surface area is 404 Å². The van der Waals surface area contributed by atoms with E-state index in [4.69, 9.17) is 8.83 Å². The van der Waals surface area contributed by atoms with Crippen LogP contribution >= 0.6 is 0 Å². The van der Waals surface area contributed by atoms with Crippen LogP contribution in [0.2, 0.25) is 0 Å². The highest BCUT2D eigenvalue weighted by Crippen LogP contribution is 2.63. The quantitative estimate of drug-likeness (QED) is 0.167. The molecule has 0 unspecified atom stereocenters. The van der Waals surface area contributed by atoms with Crippen LogP contribution in [0.25, 0.3) is 99.5 Å². The molecular weight excluding hydrogens is 851 g/mol. The number of anilines is 3. The van der Waals surface area contributed by atoms with Gasteiger partial charge in [0.1, 0.15) is 16.7 Å². The molecule has 0 bridgehead atoms. The van der Waals surface area contributed by atoms with E-state index in [1.165, 1.54) is 44.5 Å². The molecule has 11 aromatic carbocycles. The summed E-state index contributed by atoms with van der Waals surface area (Å²) in [6, 6.07) is 90.3. The summed E-state index contributed by atoms with van der Waals surface area (Å²) >= 11 is 0. The first kappa shape index (κ1) is 38.9. The number of rotatable bonds is 6. The lowest BCUT2D eigenvalue weighted by Crippen LogP contribution is -2.26. The molecule has 0 atom stereocenters. The van der Waals surface area contributed by atoms with Gasteiger partial charge in [-0.25, -0.2) is 0 Å². The molecule has 0 aliphatic heterocycles. The lowest BCUT2D eigenvalue weighted by Gasteiger charge is -2.32. The first-order chi connectivity index (χ1) is 34.7. The molecule has 0 fully saturated rings. The molecule has 1 spiro atoms. The number of furan rings is 2. The van der Waals surface area contributed by atoms with Crippen molar-refractivity contribution in [1.29, 1.82) is 0 Å². The van der Waals surface area contributed by atoms with Crippen LogP contribution in [-0.4, -0.2) is 0 Å². The van der Waals surface area contributed by atoms with E-state index in [2.05, 4.69) is 248 Å². The Bertz CT molecular complexity index is 4190. The average Bonchev–Trinajstić information content (AvgIpc) is 4.17. The summed E-state index contributed by atoms with van der Waals surface area (Å²) in [5.41, 5.74) is 22.8. The standard InChI is InChI=1S/C67H41NO2/c1-3-19-42(20-4-1)44-23-17-24-45(39-44)63-64-53-29-11-16-36-61(53)69-62(64)41-54-52-30-18-35-60(65(52)70-66(54)63)68(59-34-15-10-25-47(59)43-21-5-2-6-22-43)46-37-38-51-50-28-9-14-33-57(50)67(58(51)40-46)55-31-12-7-26-48(55)49-27-8-13-32-56(49)67/h1-41H. The molecule has 15 rings (SSSR count). The number of nitrogens with zero attached hydrogens (tertiary/aromatic N) is 1. The van der Waals surface area contributed by atoms with Gasteiger partial charge in [-0.2, -0.15) is 0 Å². The molecule has 2 aromatic heterocycles. The zero-order valence-corrected chi connectivity index (χ0v) is 37.9. The highest BCUT2D eigenvalue weighted by molar-refractivity contribution is 6.24. The molecule has 3 nitrogen and oxygen atoms in total. The Morgan fingerprint density at radius 2 is 0.843 bits per heavy atom. The van der Waals surface area contributed by atoms with Gasteiger partial charge in [0.05, 0.1) is 16.8 Å². The number of hydrogen-bond acceptors (Lipinski definition) is 3. The van der Waals surface area contributed by atoms with Crippen molar-refractivity contribution < 1.29 is 8.83 Å². The summed E-state index contributed by atoms with van der Waals surface area (Å²) in [7, 11) is 0. The highest BCUT2D eigenvalue weighted by atomic mass is 16.3. The van der Waals surface area contributed by atoms with E-state index in [0.29, 0.717) is 0 Å². The van der Waals surface area contributed by atoms with E-state index in [0.717, 1.165) is 94.3 Å². The Balaban J connectivity index is 1.03. The van der Waals surface area contributed by atoms with Crippen LogP contribution in [0, 0.1) is 0 Å². The molecule has 2 heterocycles. The molecule has 0 saturated carbocycles. The Hall–Kier alpha value is -9.18. The molecular formula is C67H41NO2. The average molecular weight is 892 g/mol. The molecule has 326 valence electrons. The zero-order chi connectivity index (χ0) is 45.9. The maximum atomic E-state index is 7.56. The van der Waals surface area contributed by atoms with E-state index < -0.39 is 5.41 Å². The van der Waals surface area contributed by atoms with Gasteiger partial charge in [0.25, 0.3) is 0 Å². The summed E-state index contributed by atoms with van der Waals surface area (Å²) in [6.45, 7) is 0. The number of benzene rings is 11. The fourth-order valence-corrected chi connectivity index (χ4v) is 12.2. The van der Waals surface area contributed by atoms with Crippen molar-refractivity contribution in [3.8, 4) is 55.6 Å². The van der Waals surface area contributed by atoms with Crippen LogP contribution in [0.4, 0.5) is 17.1 Å². The van der Waals surface area contributed by atoms with E-state index in [1.54, 1.807) is 0 Å². The van der Waals surface area contributed by atoms with Crippen molar-refractivity contribution in [1.82, 2.24) is 0 Å². The first-order valence-corrected chi connectivity index (χ1v) is 24.1. The van der Waals surface area contributed by atoms with Crippen molar-refractivity contribution in [3.05, 3.63) is 271 Å². The highest BCUT2D eigenvalue weighted by Gasteiger charge is 2.51. The predicted molar refractivity (Wildman–Crippen MR) is 288 cm³/mol. The second-order valence-corrected chi connectivity index (χ2v) is 18.6. The summed E-state index contributed by atoms with van der Waals surface area (Å²) in [6.07, 6.45) is 0. The third kappa shape index (κ3) is 5.40. The molecule has 3 heteroatoms. The summed E-state index contributed by atoms with van der Waals surface area (Å²) in [5.74, 6) is 0. The van der Waals surface area contributed by atoms with Crippen molar-refractivity contribution in [2.75, 3.05) is 4.90 Å². The maximum Gasteiger partial charge on any atom is 0.159 e. The van der Waals surface area contributed by atoms with Gasteiger partial charge < -0.3 is 13.7 Å². The smallest absolute Gasteiger partial charge is 0.159 e. The van der Waals surface area contributed by atoms with Gasteiger partial charge in [0.15, 0.2) is 5.58 Å². The normalized spacial score (nSPS) is 13.0. The Kier molecular flexibility index (Phi) is 8.28. The largest absolute Gasteiger partial charge is 0.456 e. The zero-order valence-electron chi connectivity index (χ0n) is 37.9. The summed E-state index contributed by atoms with van der Waals surface area (Å²) in [5, 5.41) is 4.12. The van der Waals surface area contributed by atoms with E-state index in [9.17, 15) is 0 Å². The lowest BCUT2D eigenvalue weighted by atomic mass is 9.70. The van der Waals surface area contributed by atoms with Crippen LogP contribution < -0.4 is 4.90 Å². The second-order valence-electron chi connectivity index (χ2n) is 18.6. The van der Waals surface area contributed by atoms with E-state index in [-0.39, 0.29) is 0 Å². The van der Waals surface area contributed by atoms with Crippen molar-refractivity contribution in [3.63, 3.8) is 0 Å². The van der Waals surface area contributed by atoms with Crippen LogP contribution in [0.3, 0.4) is 0 Å². The monoisotopic (exact) mass is 891 g/mol. The van der Waals surface area contributed by atoms with Gasteiger partial charge in [-0.05, 0) is 109 Å². The third-order valence-electron chi connectivity index (χ3n) is 15.1. The predicted octanol–water partition coefficient (Wildman–Crippen LogP) is 18.3. The van der Waals surface area contributed by atoms with E-state index >= 15 is 0 Å². The first-order valence-electron chi connectivity index (χ1n) is 24.1. The maximum absolute atomic E-state index is 7.56. The molecule has 0 amide bonds. The van der Waals surface area contributed by atoms with E-state index in [1.807, 2.05) is 6.07 Å². The molecule has 0 saturated heterocycles. The van der Waals surface area contributed by atoms with Gasteiger partial charge in [-0.1, -0.05) is 206 Å². The molecule has 0 radical (unpaired) electrons. The van der Waals surface area contributed by atoms with Gasteiger partial charge >= 0.3 is 0 Å². The number of fused-ring (bicyclic) bond motifs is 16. The Morgan fingerprint density at radius 3 is 1.57 bits per heavy atom. The molecule has 0 N–H and O–H groups in total. The van der Waals surface area contributed by atoms with Gasteiger partial charge in [0.2, 0.25) is 0 Å². The SMILES string of the molecule is c1ccc(-c2cccc(-c3c4oc5c(N(c6ccc7c(c6)C6(c8ccccc8-c8ccccc86)c6ccccc6-7)c6ccccc6-c6ccccc6)cccc5c4cc4oc5ccccc5c34)c2)cc1. The minimum absolute atomic E-state index is 0.509. The minimum Gasteiger partial charge on any atom is -0.456 e.